The molecule has 0 spiro atoms. The van der Waals surface area contributed by atoms with Crippen LogP contribution in [0.1, 0.15) is 41.5 Å². The number of hydrogen-bond acceptors (Lipinski definition) is 6. The molecule has 0 heterocycles. The van der Waals surface area contributed by atoms with Crippen molar-refractivity contribution in [1.82, 2.24) is 0 Å². The van der Waals surface area contributed by atoms with Gasteiger partial charge in [-0.1, -0.05) is 20.8 Å². The average Bonchev–Trinajstić information content (AvgIpc) is 2.10. The van der Waals surface area contributed by atoms with Crippen LogP contribution in [0, 0.1) is 0 Å². The van der Waals surface area contributed by atoms with Crippen molar-refractivity contribution in [1.29, 1.82) is 0 Å². The molecule has 0 aromatic carbocycles. The van der Waals surface area contributed by atoms with E-state index in [0.29, 0.717) is 0 Å². The number of allylic oxidation sites excluding steroid dienone is 6. The monoisotopic (exact) mass is 356 g/mol. The number of hydrogen-bond donors (Lipinski definition) is 0. The number of carbonyl (C=O) groups excluding carboxylic acids is 3. The molecular weight excluding hydrogens is 335 g/mol. The Balaban J connectivity index is -0.000000108. The van der Waals surface area contributed by atoms with Gasteiger partial charge in [0.25, 0.3) is 0 Å². The Bertz CT molecular complexity index is 368. The Labute approximate surface area is 141 Å². The Morgan fingerprint density at radius 2 is 0.682 bits per heavy atom. The van der Waals surface area contributed by atoms with E-state index in [1.54, 1.807) is 0 Å². The topological polar surface area (TPSA) is 120 Å². The Morgan fingerprint density at radius 3 is 0.682 bits per heavy atom. The summed E-state index contributed by atoms with van der Waals surface area (Å²) < 4.78 is 0. The Hall–Kier alpha value is -1.86. The first-order valence-electron chi connectivity index (χ1n) is 5.96. The molecule has 22 heavy (non-hydrogen) atoms. The smallest absolute Gasteiger partial charge is 0.876 e. The average molecular weight is 356 g/mol. The zero-order valence-electron chi connectivity index (χ0n) is 13.5. The summed E-state index contributed by atoms with van der Waals surface area (Å²) in [6.45, 7) is 8.09. The fourth-order valence-corrected chi connectivity index (χ4v) is 0.859. The number of rotatable bonds is 3. The second-order valence-corrected chi connectivity index (χ2v) is 4.10. The molecule has 0 aliphatic heterocycles. The van der Waals surface area contributed by atoms with Crippen LogP contribution in [-0.4, -0.2) is 17.3 Å². The summed E-state index contributed by atoms with van der Waals surface area (Å²) in [6.07, 6.45) is 3.17. The van der Waals surface area contributed by atoms with Gasteiger partial charge in [-0.25, -0.2) is 0 Å². The van der Waals surface area contributed by atoms with Gasteiger partial charge >= 0.3 is 16.8 Å². The Morgan fingerprint density at radius 1 is 0.545 bits per heavy atom. The third kappa shape index (κ3) is 51.8. The van der Waals surface area contributed by atoms with E-state index in [-0.39, 0.29) is 51.4 Å². The van der Waals surface area contributed by atoms with E-state index in [1.807, 2.05) is 0 Å². The van der Waals surface area contributed by atoms with Crippen molar-refractivity contribution in [2.75, 3.05) is 0 Å². The SMILES string of the molecule is CC(=O)C=C(C)[O-].CC(=O)C=C(C)[O-].CC(=O)C=C(C)[O-].[Co+3]. The molecule has 0 rings (SSSR count). The summed E-state index contributed by atoms with van der Waals surface area (Å²) in [4.78, 5) is 29.9. The van der Waals surface area contributed by atoms with Crippen molar-refractivity contribution >= 4 is 17.3 Å². The van der Waals surface area contributed by atoms with E-state index < -0.39 is 0 Å². The predicted molar refractivity (Wildman–Crippen MR) is 73.3 cm³/mol. The van der Waals surface area contributed by atoms with Gasteiger partial charge in [-0.3, -0.25) is 14.4 Å². The molecule has 0 atom stereocenters. The summed E-state index contributed by atoms with van der Waals surface area (Å²) in [5.74, 6) is -1.12. The minimum atomic E-state index is -0.187. The van der Waals surface area contributed by atoms with Crippen molar-refractivity contribution in [2.24, 2.45) is 0 Å². The fourth-order valence-electron chi connectivity index (χ4n) is 0.859. The van der Waals surface area contributed by atoms with Crippen LogP contribution in [0.3, 0.4) is 0 Å². The van der Waals surface area contributed by atoms with Gasteiger partial charge in [-0.05, 0) is 39.0 Å². The maximum absolute atomic E-state index is 9.98. The summed E-state index contributed by atoms with van der Waals surface area (Å²) in [6, 6.07) is 0. The zero-order valence-corrected chi connectivity index (χ0v) is 14.6. The molecule has 0 fully saturated rings. The first-order chi connectivity index (χ1) is 9.38. The van der Waals surface area contributed by atoms with E-state index in [0.717, 1.165) is 18.2 Å². The molecule has 0 saturated carbocycles. The largest absolute Gasteiger partial charge is 3.00 e. The second kappa shape index (κ2) is 17.2. The first kappa shape index (κ1) is 28.3. The predicted octanol–water partition coefficient (Wildman–Crippen LogP) is -0.484. The van der Waals surface area contributed by atoms with Crippen LogP contribution in [0.15, 0.2) is 35.5 Å². The third-order valence-corrected chi connectivity index (χ3v) is 1.22. The molecule has 0 saturated heterocycles. The number of carbonyl (C=O) groups is 3. The third-order valence-electron chi connectivity index (χ3n) is 1.22. The van der Waals surface area contributed by atoms with Crippen molar-refractivity contribution in [3.05, 3.63) is 35.5 Å². The maximum atomic E-state index is 9.98. The van der Waals surface area contributed by atoms with Gasteiger partial charge in [-0.15, -0.1) is 17.3 Å². The summed E-state index contributed by atoms with van der Waals surface area (Å²) in [7, 11) is 0. The van der Waals surface area contributed by atoms with Gasteiger partial charge in [0.1, 0.15) is 0 Å². The summed E-state index contributed by atoms with van der Waals surface area (Å²) in [5.41, 5.74) is 0. The van der Waals surface area contributed by atoms with Crippen LogP contribution in [-0.2, 0) is 31.2 Å². The molecule has 0 amide bonds. The molecule has 0 aliphatic carbocycles. The van der Waals surface area contributed by atoms with Crippen LogP contribution in [0.25, 0.3) is 0 Å². The summed E-state index contributed by atoms with van der Waals surface area (Å²) >= 11 is 0. The van der Waals surface area contributed by atoms with E-state index in [2.05, 4.69) is 0 Å². The molecule has 0 aromatic heterocycles. The molecule has 7 heteroatoms. The van der Waals surface area contributed by atoms with Gasteiger partial charge in [-0.2, -0.15) is 0 Å². The summed E-state index contributed by atoms with van der Waals surface area (Å²) in [5, 5.41) is 29.9. The zero-order chi connectivity index (χ0) is 17.6. The van der Waals surface area contributed by atoms with Gasteiger partial charge < -0.3 is 15.3 Å². The van der Waals surface area contributed by atoms with Gasteiger partial charge in [0.2, 0.25) is 0 Å². The van der Waals surface area contributed by atoms with Crippen LogP contribution in [0.2, 0.25) is 0 Å². The van der Waals surface area contributed by atoms with Crippen molar-refractivity contribution < 1.29 is 46.5 Å². The van der Waals surface area contributed by atoms with Gasteiger partial charge in [0.05, 0.1) is 0 Å². The maximum Gasteiger partial charge on any atom is 3.00 e. The molecule has 6 nitrogen and oxygen atoms in total. The fraction of sp³-hybridized carbons (Fsp3) is 0.400. The van der Waals surface area contributed by atoms with E-state index >= 15 is 0 Å². The molecule has 0 aliphatic rings. The molecule has 0 bridgehead atoms. The second-order valence-electron chi connectivity index (χ2n) is 4.10. The standard InChI is InChI=1S/3C5H8O2.Co/c3*1-4(6)3-5(2)7;/h3*3,6H,1-2H3;/q;;;+3/p-3. The van der Waals surface area contributed by atoms with Crippen molar-refractivity contribution in [2.45, 2.75) is 41.5 Å². The first-order valence-corrected chi connectivity index (χ1v) is 5.96. The van der Waals surface area contributed by atoms with Crippen LogP contribution >= 0.6 is 0 Å². The molecule has 0 N–H and O–H groups in total. The molecule has 0 unspecified atom stereocenters. The van der Waals surface area contributed by atoms with E-state index in [9.17, 15) is 29.7 Å². The normalized spacial score (nSPS) is 10.9. The van der Waals surface area contributed by atoms with E-state index in [1.165, 1.54) is 41.5 Å². The van der Waals surface area contributed by atoms with Crippen LogP contribution in [0.5, 0.6) is 0 Å². The molecule has 0 aromatic rings. The minimum absolute atomic E-state index is 0. The molecule has 126 valence electrons. The Kier molecular flexibility index (Phi) is 22.1. The van der Waals surface area contributed by atoms with E-state index in [4.69, 9.17) is 0 Å². The molecular formula is C15H21CoO6. The van der Waals surface area contributed by atoms with Gasteiger partial charge in [0, 0.05) is 0 Å². The minimum Gasteiger partial charge on any atom is -0.876 e. The van der Waals surface area contributed by atoms with Gasteiger partial charge in [0.15, 0.2) is 17.3 Å². The van der Waals surface area contributed by atoms with Crippen LogP contribution < -0.4 is 15.3 Å². The van der Waals surface area contributed by atoms with Crippen molar-refractivity contribution in [3.8, 4) is 0 Å². The molecule has 0 radical (unpaired) electrons. The number of ketones is 3. The quantitative estimate of drug-likeness (QED) is 0.497. The van der Waals surface area contributed by atoms with Crippen LogP contribution in [0.4, 0.5) is 0 Å². The van der Waals surface area contributed by atoms with Crippen molar-refractivity contribution in [3.63, 3.8) is 0 Å².